The number of carbonyl (C=O) groups is 3. The van der Waals surface area contributed by atoms with Crippen molar-refractivity contribution in [3.63, 3.8) is 0 Å². The molecule has 1 unspecified atom stereocenters. The van der Waals surface area contributed by atoms with E-state index in [9.17, 15) is 14.4 Å². The number of nitrogens with zero attached hydrogens (tertiary/aromatic N) is 2. The number of urea groups is 1. The van der Waals surface area contributed by atoms with Crippen molar-refractivity contribution in [2.75, 3.05) is 12.4 Å². The second-order valence-electron chi connectivity index (χ2n) is 6.90. The monoisotopic (exact) mass is 404 g/mol. The number of pyridine rings is 1. The number of imide groups is 1. The molecule has 1 fully saturated rings. The van der Waals surface area contributed by atoms with E-state index < -0.39 is 18.0 Å². The minimum atomic E-state index is -0.899. The summed E-state index contributed by atoms with van der Waals surface area (Å²) in [5.74, 6) is -0.101. The molecule has 1 aromatic heterocycles. The first-order chi connectivity index (χ1) is 14.5. The number of hydrogen-bond acceptors (Lipinski definition) is 5. The van der Waals surface area contributed by atoms with Crippen molar-refractivity contribution < 1.29 is 19.1 Å². The van der Waals surface area contributed by atoms with Crippen molar-refractivity contribution in [2.24, 2.45) is 0 Å². The Labute approximate surface area is 172 Å². The number of fused-ring (bicyclic) bond motifs is 1. The van der Waals surface area contributed by atoms with Crippen LogP contribution in [-0.2, 0) is 16.1 Å². The van der Waals surface area contributed by atoms with Gasteiger partial charge in [0.15, 0.2) is 0 Å². The van der Waals surface area contributed by atoms with Gasteiger partial charge in [0.25, 0.3) is 5.91 Å². The van der Waals surface area contributed by atoms with Gasteiger partial charge < -0.3 is 15.4 Å². The van der Waals surface area contributed by atoms with Gasteiger partial charge in [-0.1, -0.05) is 18.2 Å². The van der Waals surface area contributed by atoms with Crippen LogP contribution >= 0.6 is 0 Å². The average Bonchev–Trinajstić information content (AvgIpc) is 3.02. The molecule has 1 saturated heterocycles. The van der Waals surface area contributed by atoms with Crippen LogP contribution in [0.25, 0.3) is 10.9 Å². The van der Waals surface area contributed by atoms with Gasteiger partial charge in [0.2, 0.25) is 5.91 Å². The molecular weight excluding hydrogens is 384 g/mol. The van der Waals surface area contributed by atoms with E-state index in [1.807, 2.05) is 12.1 Å². The molecule has 152 valence electrons. The fourth-order valence-corrected chi connectivity index (χ4v) is 3.38. The quantitative estimate of drug-likeness (QED) is 0.615. The van der Waals surface area contributed by atoms with E-state index in [0.717, 1.165) is 21.4 Å². The summed E-state index contributed by atoms with van der Waals surface area (Å²) < 4.78 is 5.11. The summed E-state index contributed by atoms with van der Waals surface area (Å²) in [6.45, 7) is 0.127. The first-order valence-corrected chi connectivity index (χ1v) is 9.43. The van der Waals surface area contributed by atoms with Crippen LogP contribution in [0, 0.1) is 0 Å². The third kappa shape index (κ3) is 3.93. The van der Waals surface area contributed by atoms with Crippen molar-refractivity contribution in [3.8, 4) is 5.75 Å². The molecule has 4 amide bonds. The molecule has 1 aliphatic rings. The Kier molecular flexibility index (Phi) is 5.30. The van der Waals surface area contributed by atoms with Gasteiger partial charge in [-0.05, 0) is 42.0 Å². The Morgan fingerprint density at radius 3 is 2.70 bits per heavy atom. The maximum atomic E-state index is 12.7. The van der Waals surface area contributed by atoms with E-state index in [2.05, 4.69) is 15.6 Å². The molecule has 2 aromatic carbocycles. The number of carbonyl (C=O) groups excluding carboxylic acids is 3. The normalized spacial score (nSPS) is 15.9. The van der Waals surface area contributed by atoms with Gasteiger partial charge in [-0.3, -0.25) is 19.5 Å². The number of nitrogens with one attached hydrogen (secondary N) is 2. The number of rotatable bonds is 6. The van der Waals surface area contributed by atoms with E-state index in [0.29, 0.717) is 11.4 Å². The number of ether oxygens (including phenoxy) is 1. The summed E-state index contributed by atoms with van der Waals surface area (Å²) in [4.78, 5) is 42.8. The van der Waals surface area contributed by atoms with Crippen LogP contribution < -0.4 is 15.4 Å². The second-order valence-corrected chi connectivity index (χ2v) is 6.90. The minimum absolute atomic E-state index is 0.127. The fourth-order valence-electron chi connectivity index (χ4n) is 3.38. The molecule has 1 aliphatic heterocycles. The Morgan fingerprint density at radius 1 is 1.13 bits per heavy atom. The lowest BCUT2D eigenvalue weighted by Gasteiger charge is -2.14. The summed E-state index contributed by atoms with van der Waals surface area (Å²) in [6, 6.07) is 14.7. The number of aromatic nitrogens is 1. The molecule has 8 heteroatoms. The Balaban J connectivity index is 1.41. The van der Waals surface area contributed by atoms with Gasteiger partial charge in [-0.15, -0.1) is 0 Å². The summed E-state index contributed by atoms with van der Waals surface area (Å²) in [5.41, 5.74) is 2.15. The van der Waals surface area contributed by atoms with Crippen molar-refractivity contribution in [1.82, 2.24) is 15.2 Å². The number of amides is 4. The van der Waals surface area contributed by atoms with Gasteiger partial charge in [0.05, 0.1) is 31.3 Å². The predicted octanol–water partition coefficient (Wildman–Crippen LogP) is 2.69. The number of methoxy groups -OCH3 is 1. The van der Waals surface area contributed by atoms with Crippen LogP contribution in [-0.4, -0.2) is 40.9 Å². The van der Waals surface area contributed by atoms with Crippen LogP contribution in [0.1, 0.15) is 12.0 Å². The maximum absolute atomic E-state index is 12.7. The Hall–Kier alpha value is -3.94. The zero-order valence-corrected chi connectivity index (χ0v) is 16.3. The average molecular weight is 404 g/mol. The maximum Gasteiger partial charge on any atom is 0.325 e. The third-order valence-electron chi connectivity index (χ3n) is 4.92. The minimum Gasteiger partial charge on any atom is -0.497 e. The van der Waals surface area contributed by atoms with Gasteiger partial charge >= 0.3 is 6.03 Å². The van der Waals surface area contributed by atoms with Crippen molar-refractivity contribution in [3.05, 3.63) is 66.4 Å². The van der Waals surface area contributed by atoms with Crippen LogP contribution in [0.3, 0.4) is 0 Å². The molecule has 1 atom stereocenters. The van der Waals surface area contributed by atoms with Crippen molar-refractivity contribution in [1.29, 1.82) is 0 Å². The fraction of sp³-hybridized carbons (Fsp3) is 0.182. The van der Waals surface area contributed by atoms with Gasteiger partial charge in [-0.25, -0.2) is 4.79 Å². The molecule has 0 aliphatic carbocycles. The number of hydrogen-bond donors (Lipinski definition) is 2. The van der Waals surface area contributed by atoms with Gasteiger partial charge in [0.1, 0.15) is 11.8 Å². The van der Waals surface area contributed by atoms with E-state index in [1.54, 1.807) is 55.8 Å². The van der Waals surface area contributed by atoms with Crippen LogP contribution in [0.5, 0.6) is 5.75 Å². The first kappa shape index (κ1) is 19.4. The van der Waals surface area contributed by atoms with E-state index in [1.165, 1.54) is 0 Å². The summed E-state index contributed by atoms with van der Waals surface area (Å²) in [5, 5.41) is 6.20. The number of benzene rings is 2. The molecular formula is C22H20N4O4. The molecule has 4 rings (SSSR count). The summed E-state index contributed by atoms with van der Waals surface area (Å²) in [6.07, 6.45) is 1.53. The largest absolute Gasteiger partial charge is 0.497 e. The smallest absolute Gasteiger partial charge is 0.325 e. The van der Waals surface area contributed by atoms with E-state index in [-0.39, 0.29) is 18.9 Å². The number of anilines is 1. The Morgan fingerprint density at radius 2 is 1.93 bits per heavy atom. The molecule has 2 heterocycles. The highest BCUT2D eigenvalue weighted by atomic mass is 16.5. The summed E-state index contributed by atoms with van der Waals surface area (Å²) in [7, 11) is 1.57. The standard InChI is InChI=1S/C22H20N4O4/c1-30-15-9-7-14(8-10-15)13-26-21(28)19(25-22(26)29)12-20(27)24-18-6-2-5-17-16(18)4-3-11-23-17/h2-11,19H,12-13H2,1H3,(H,24,27)(H,25,29). The topological polar surface area (TPSA) is 101 Å². The third-order valence-corrected chi connectivity index (χ3v) is 4.92. The van der Waals surface area contributed by atoms with Crippen molar-refractivity contribution >= 4 is 34.4 Å². The van der Waals surface area contributed by atoms with Gasteiger partial charge in [-0.2, -0.15) is 0 Å². The molecule has 0 bridgehead atoms. The van der Waals surface area contributed by atoms with Crippen molar-refractivity contribution in [2.45, 2.75) is 19.0 Å². The molecule has 2 N–H and O–H groups in total. The first-order valence-electron chi connectivity index (χ1n) is 9.43. The molecule has 30 heavy (non-hydrogen) atoms. The molecule has 0 spiro atoms. The molecule has 0 radical (unpaired) electrons. The lowest BCUT2D eigenvalue weighted by Crippen LogP contribution is -2.34. The molecule has 3 aromatic rings. The lowest BCUT2D eigenvalue weighted by atomic mass is 10.1. The highest BCUT2D eigenvalue weighted by Crippen LogP contribution is 2.22. The zero-order valence-electron chi connectivity index (χ0n) is 16.3. The Bertz CT molecular complexity index is 1110. The SMILES string of the molecule is COc1ccc(CN2C(=O)NC(CC(=O)Nc3cccc4ncccc34)C2=O)cc1. The van der Waals surface area contributed by atoms with Crippen LogP contribution in [0.15, 0.2) is 60.8 Å². The molecule has 8 nitrogen and oxygen atoms in total. The summed E-state index contributed by atoms with van der Waals surface area (Å²) >= 11 is 0. The molecule has 0 saturated carbocycles. The predicted molar refractivity (Wildman–Crippen MR) is 111 cm³/mol. The second kappa shape index (κ2) is 8.20. The highest BCUT2D eigenvalue weighted by Gasteiger charge is 2.39. The van der Waals surface area contributed by atoms with Crippen LogP contribution in [0.4, 0.5) is 10.5 Å². The van der Waals surface area contributed by atoms with Gasteiger partial charge in [0, 0.05) is 11.6 Å². The van der Waals surface area contributed by atoms with E-state index in [4.69, 9.17) is 4.74 Å². The highest BCUT2D eigenvalue weighted by molar-refractivity contribution is 6.08. The zero-order chi connectivity index (χ0) is 21.1. The van der Waals surface area contributed by atoms with E-state index >= 15 is 0 Å². The van der Waals surface area contributed by atoms with Crippen LogP contribution in [0.2, 0.25) is 0 Å². The lowest BCUT2D eigenvalue weighted by molar-refractivity contribution is -0.130.